The smallest absolute Gasteiger partial charge is 0.148 e. The van der Waals surface area contributed by atoms with Gasteiger partial charge in [0.25, 0.3) is 0 Å². The maximum absolute atomic E-state index is 17.5. The first-order valence-electron chi connectivity index (χ1n) is 27.2. The molecular weight excluding hydrogens is 1020 g/mol. The summed E-state index contributed by atoms with van der Waals surface area (Å²) in [7, 11) is 0. The Morgan fingerprint density at radius 3 is 0.805 bits per heavy atom. The first-order chi connectivity index (χ1) is 40.3. The molecule has 0 unspecified atom stereocenters. The summed E-state index contributed by atoms with van der Waals surface area (Å²) in [4.78, 5) is 3.55. The van der Waals surface area contributed by atoms with Crippen LogP contribution in [-0.2, 0) is 0 Å². The Hall–Kier alpha value is -10.6. The van der Waals surface area contributed by atoms with Gasteiger partial charge in [0.2, 0.25) is 0 Å². The van der Waals surface area contributed by atoms with Crippen LogP contribution in [0, 0.1) is 23.3 Å². The summed E-state index contributed by atoms with van der Waals surface area (Å²) in [6.07, 6.45) is 0. The Kier molecular flexibility index (Phi) is 12.7. The summed E-state index contributed by atoms with van der Waals surface area (Å²) < 4.78 is 69.6. The lowest BCUT2D eigenvalue weighted by Gasteiger charge is -2.30. The van der Waals surface area contributed by atoms with Gasteiger partial charge in [0, 0.05) is 45.4 Å². The van der Waals surface area contributed by atoms with E-state index >= 15 is 17.6 Å². The molecule has 0 aliphatic carbocycles. The van der Waals surface area contributed by atoms with Crippen LogP contribution >= 0.6 is 0 Å². The summed E-state index contributed by atoms with van der Waals surface area (Å²) in [5.74, 6) is -2.39. The molecular formula is C76H48F4N2. The topological polar surface area (TPSA) is 6.48 Å². The second-order valence-corrected chi connectivity index (χ2v) is 20.6. The Bertz CT molecular complexity index is 4240. The van der Waals surface area contributed by atoms with Crippen molar-refractivity contribution in [3.8, 4) is 66.8 Å². The van der Waals surface area contributed by atoms with Crippen molar-refractivity contribution in [2.45, 2.75) is 0 Å². The normalized spacial score (nSPS) is 11.4. The molecule has 0 amide bonds. The van der Waals surface area contributed by atoms with Crippen LogP contribution in [0.1, 0.15) is 0 Å². The van der Waals surface area contributed by atoms with Gasteiger partial charge in [0.05, 0.1) is 22.7 Å². The van der Waals surface area contributed by atoms with E-state index in [1.165, 1.54) is 24.3 Å². The maximum Gasteiger partial charge on any atom is 0.148 e. The number of para-hydroxylation sites is 2. The van der Waals surface area contributed by atoms with Crippen LogP contribution in [0.25, 0.3) is 99.1 Å². The first kappa shape index (κ1) is 49.7. The third-order valence-electron chi connectivity index (χ3n) is 15.6. The fourth-order valence-corrected chi connectivity index (χ4v) is 11.7. The van der Waals surface area contributed by atoms with Crippen molar-refractivity contribution < 1.29 is 17.6 Å². The lowest BCUT2D eigenvalue weighted by atomic mass is 9.91. The third kappa shape index (κ3) is 9.06. The van der Waals surface area contributed by atoms with Crippen molar-refractivity contribution in [1.82, 2.24) is 0 Å². The minimum absolute atomic E-state index is 0.0324. The van der Waals surface area contributed by atoms with Gasteiger partial charge in [-0.2, -0.15) is 0 Å². The molecule has 0 aromatic heterocycles. The molecule has 0 fully saturated rings. The van der Waals surface area contributed by atoms with E-state index in [9.17, 15) is 0 Å². The number of benzene rings is 14. The van der Waals surface area contributed by atoms with Gasteiger partial charge in [-0.1, -0.05) is 194 Å². The van der Waals surface area contributed by atoms with E-state index in [-0.39, 0.29) is 22.5 Å². The van der Waals surface area contributed by atoms with E-state index in [1.54, 1.807) is 9.80 Å². The average Bonchev–Trinajstić information content (AvgIpc) is 3.55. The Labute approximate surface area is 472 Å². The zero-order valence-corrected chi connectivity index (χ0v) is 44.1. The zero-order valence-electron chi connectivity index (χ0n) is 44.1. The highest BCUT2D eigenvalue weighted by Gasteiger charge is 2.27. The van der Waals surface area contributed by atoms with Crippen molar-refractivity contribution in [3.63, 3.8) is 0 Å². The number of rotatable bonds is 12. The molecule has 82 heavy (non-hydrogen) atoms. The van der Waals surface area contributed by atoms with Crippen LogP contribution in [0.3, 0.4) is 0 Å². The van der Waals surface area contributed by atoms with Crippen LogP contribution in [0.4, 0.5) is 51.7 Å². The van der Waals surface area contributed by atoms with Crippen molar-refractivity contribution in [1.29, 1.82) is 0 Å². The zero-order chi connectivity index (χ0) is 55.3. The predicted molar refractivity (Wildman–Crippen MR) is 332 cm³/mol. The summed E-state index contributed by atoms with van der Waals surface area (Å²) in [6, 6.07) is 91.5. The van der Waals surface area contributed by atoms with Gasteiger partial charge < -0.3 is 9.80 Å². The quantitative estimate of drug-likeness (QED) is 0.0889. The van der Waals surface area contributed by atoms with Gasteiger partial charge in [-0.15, -0.1) is 0 Å². The molecule has 0 aliphatic heterocycles. The van der Waals surface area contributed by atoms with E-state index in [0.717, 1.165) is 76.8 Å². The molecule has 2 nitrogen and oxygen atoms in total. The van der Waals surface area contributed by atoms with Crippen molar-refractivity contribution in [2.75, 3.05) is 9.80 Å². The molecule has 14 rings (SSSR count). The minimum atomic E-state index is -0.612. The van der Waals surface area contributed by atoms with E-state index < -0.39 is 23.3 Å². The molecule has 0 saturated heterocycles. The number of hydrogen-bond donors (Lipinski definition) is 0. The fourth-order valence-electron chi connectivity index (χ4n) is 11.7. The largest absolute Gasteiger partial charge is 0.307 e. The Balaban J connectivity index is 0.909. The monoisotopic (exact) mass is 1060 g/mol. The van der Waals surface area contributed by atoms with Crippen LogP contribution in [-0.4, -0.2) is 0 Å². The molecule has 0 N–H and O–H groups in total. The standard InChI is InChI=1S/C76H48F4N2/c77-67-47-73(69(79)45-65(67)59-41-55(49-19-7-1-8-20-49)39-56(42-59)50-21-9-2-10-22-50)81(61-27-15-5-16-28-61)71-37-33-53-32-36-64-72(38-34-54-31-35-63(71)75(53)76(54)64)82(62-29-17-6-18-30-62)74-48-68(78)66(46-70(74)80)60-43-57(51-23-11-3-12-24-51)40-58(44-60)52-25-13-4-14-26-52/h1-48H. The summed E-state index contributed by atoms with van der Waals surface area (Å²) >= 11 is 0. The molecule has 6 heteroatoms. The second kappa shape index (κ2) is 20.9. The molecule has 390 valence electrons. The second-order valence-electron chi connectivity index (χ2n) is 20.6. The SMILES string of the molecule is Fc1cc(N(c2ccccc2)c2ccc3ccc4c(N(c5ccccc5)c5cc(F)c(-c6cc(-c7ccccc7)cc(-c7ccccc7)c6)cc5F)ccc5ccc2c3c54)c(F)cc1-c1cc(-c2ccccc2)cc(-c2ccccc2)c1. The van der Waals surface area contributed by atoms with E-state index in [4.69, 9.17) is 0 Å². The van der Waals surface area contributed by atoms with Gasteiger partial charge in [-0.05, 0) is 162 Å². The lowest BCUT2D eigenvalue weighted by molar-refractivity contribution is 0.604. The molecule has 0 bridgehead atoms. The highest BCUT2D eigenvalue weighted by molar-refractivity contribution is 6.28. The lowest BCUT2D eigenvalue weighted by Crippen LogP contribution is -2.14. The highest BCUT2D eigenvalue weighted by atomic mass is 19.1. The van der Waals surface area contributed by atoms with Crippen LogP contribution in [0.5, 0.6) is 0 Å². The molecule has 0 atom stereocenters. The fraction of sp³-hybridized carbons (Fsp3) is 0. The summed E-state index contributed by atoms with van der Waals surface area (Å²) in [5.41, 5.74) is 11.3. The Morgan fingerprint density at radius 2 is 0.488 bits per heavy atom. The maximum atomic E-state index is 17.5. The molecule has 0 heterocycles. The van der Waals surface area contributed by atoms with Crippen molar-refractivity contribution in [3.05, 3.63) is 314 Å². The van der Waals surface area contributed by atoms with E-state index in [2.05, 4.69) is 12.1 Å². The molecule has 14 aromatic carbocycles. The number of anilines is 6. The van der Waals surface area contributed by atoms with Gasteiger partial charge >= 0.3 is 0 Å². The van der Waals surface area contributed by atoms with Crippen molar-refractivity contribution >= 4 is 66.4 Å². The highest BCUT2D eigenvalue weighted by Crippen LogP contribution is 2.50. The van der Waals surface area contributed by atoms with Crippen LogP contribution in [0.15, 0.2) is 291 Å². The molecule has 0 saturated carbocycles. The number of halogens is 4. The third-order valence-corrected chi connectivity index (χ3v) is 15.6. The minimum Gasteiger partial charge on any atom is -0.307 e. The van der Waals surface area contributed by atoms with Crippen LogP contribution < -0.4 is 9.80 Å². The van der Waals surface area contributed by atoms with Gasteiger partial charge in [-0.25, -0.2) is 17.6 Å². The number of hydrogen-bond acceptors (Lipinski definition) is 2. The molecule has 14 aromatic rings. The number of nitrogens with zero attached hydrogens (tertiary/aromatic N) is 2. The first-order valence-corrected chi connectivity index (χ1v) is 27.2. The van der Waals surface area contributed by atoms with Gasteiger partial charge in [-0.3, -0.25) is 0 Å². The van der Waals surface area contributed by atoms with Gasteiger partial charge in [0.15, 0.2) is 0 Å². The molecule has 0 aliphatic rings. The van der Waals surface area contributed by atoms with Crippen molar-refractivity contribution in [2.24, 2.45) is 0 Å². The average molecular weight is 1070 g/mol. The molecule has 0 spiro atoms. The van der Waals surface area contributed by atoms with Gasteiger partial charge in [0.1, 0.15) is 23.3 Å². The summed E-state index contributed by atoms with van der Waals surface area (Å²) in [5, 5.41) is 5.14. The molecule has 0 radical (unpaired) electrons. The van der Waals surface area contributed by atoms with E-state index in [0.29, 0.717) is 33.9 Å². The van der Waals surface area contributed by atoms with E-state index in [1.807, 2.05) is 255 Å². The Morgan fingerprint density at radius 1 is 0.207 bits per heavy atom. The van der Waals surface area contributed by atoms with Crippen LogP contribution in [0.2, 0.25) is 0 Å². The summed E-state index contributed by atoms with van der Waals surface area (Å²) in [6.45, 7) is 0. The predicted octanol–water partition coefficient (Wildman–Crippen LogP) is 22.1.